The minimum atomic E-state index is 0.276. The standard InChI is InChI=1S/C16H33NO/c1-8-15(4,5)11-17-13-9-14(16(13,6)7)18-10-12(2)3/h12-14,17H,8-11H2,1-7H3. The predicted octanol–water partition coefficient (Wildman–Crippen LogP) is 3.85. The molecule has 108 valence electrons. The lowest BCUT2D eigenvalue weighted by molar-refractivity contribution is -0.124. The molecule has 18 heavy (non-hydrogen) atoms. The fourth-order valence-electron chi connectivity index (χ4n) is 2.35. The highest BCUT2D eigenvalue weighted by atomic mass is 16.5. The second-order valence-electron chi connectivity index (χ2n) is 7.72. The van der Waals surface area contributed by atoms with E-state index in [0.717, 1.165) is 13.2 Å². The second kappa shape index (κ2) is 5.92. The molecule has 2 heteroatoms. The third-order valence-electron chi connectivity index (χ3n) is 4.59. The van der Waals surface area contributed by atoms with Crippen molar-refractivity contribution in [2.75, 3.05) is 13.2 Å². The maximum Gasteiger partial charge on any atom is 0.0656 e. The van der Waals surface area contributed by atoms with Crippen LogP contribution in [0.3, 0.4) is 0 Å². The van der Waals surface area contributed by atoms with Gasteiger partial charge in [0.1, 0.15) is 0 Å². The van der Waals surface area contributed by atoms with Gasteiger partial charge >= 0.3 is 0 Å². The molecule has 0 saturated heterocycles. The summed E-state index contributed by atoms with van der Waals surface area (Å²) in [6, 6.07) is 0.612. The summed E-state index contributed by atoms with van der Waals surface area (Å²) in [5.41, 5.74) is 0.679. The average molecular weight is 255 g/mol. The Morgan fingerprint density at radius 2 is 1.94 bits per heavy atom. The van der Waals surface area contributed by atoms with Crippen LogP contribution in [0.4, 0.5) is 0 Å². The van der Waals surface area contributed by atoms with Crippen LogP contribution in [0.2, 0.25) is 0 Å². The van der Waals surface area contributed by atoms with Gasteiger partial charge in [-0.15, -0.1) is 0 Å². The van der Waals surface area contributed by atoms with Crippen LogP contribution >= 0.6 is 0 Å². The number of ether oxygens (including phenoxy) is 1. The molecule has 1 fully saturated rings. The molecular weight excluding hydrogens is 222 g/mol. The molecule has 0 aromatic rings. The van der Waals surface area contributed by atoms with Crippen LogP contribution in [0.1, 0.15) is 61.3 Å². The van der Waals surface area contributed by atoms with E-state index in [1.807, 2.05) is 0 Å². The van der Waals surface area contributed by atoms with Gasteiger partial charge in [-0.2, -0.15) is 0 Å². The molecule has 1 rings (SSSR count). The zero-order valence-corrected chi connectivity index (χ0v) is 13.5. The second-order valence-corrected chi connectivity index (χ2v) is 7.72. The van der Waals surface area contributed by atoms with Crippen molar-refractivity contribution >= 4 is 0 Å². The van der Waals surface area contributed by atoms with Gasteiger partial charge in [-0.1, -0.05) is 48.5 Å². The smallest absolute Gasteiger partial charge is 0.0656 e. The maximum atomic E-state index is 6.00. The molecule has 2 unspecified atom stereocenters. The summed E-state index contributed by atoms with van der Waals surface area (Å²) in [5.74, 6) is 0.631. The maximum absolute atomic E-state index is 6.00. The summed E-state index contributed by atoms with van der Waals surface area (Å²) in [4.78, 5) is 0. The van der Waals surface area contributed by atoms with E-state index >= 15 is 0 Å². The van der Waals surface area contributed by atoms with Gasteiger partial charge in [0.15, 0.2) is 0 Å². The van der Waals surface area contributed by atoms with Crippen molar-refractivity contribution in [1.82, 2.24) is 5.32 Å². The van der Waals surface area contributed by atoms with Crippen LogP contribution in [0.15, 0.2) is 0 Å². The molecule has 0 radical (unpaired) electrons. The highest BCUT2D eigenvalue weighted by molar-refractivity contribution is 5.03. The Hall–Kier alpha value is -0.0800. The van der Waals surface area contributed by atoms with Crippen molar-refractivity contribution in [2.45, 2.75) is 73.5 Å². The zero-order chi connectivity index (χ0) is 14.0. The van der Waals surface area contributed by atoms with E-state index in [9.17, 15) is 0 Å². The monoisotopic (exact) mass is 255 g/mol. The van der Waals surface area contributed by atoms with Crippen LogP contribution in [0.25, 0.3) is 0 Å². The minimum absolute atomic E-state index is 0.276. The number of nitrogens with one attached hydrogen (secondary N) is 1. The summed E-state index contributed by atoms with van der Waals surface area (Å²) in [5, 5.41) is 3.74. The van der Waals surface area contributed by atoms with Gasteiger partial charge in [-0.25, -0.2) is 0 Å². The lowest BCUT2D eigenvalue weighted by Gasteiger charge is -2.52. The van der Waals surface area contributed by atoms with Crippen LogP contribution < -0.4 is 5.32 Å². The molecule has 0 spiro atoms. The fraction of sp³-hybridized carbons (Fsp3) is 1.00. The summed E-state index contributed by atoms with van der Waals surface area (Å²) >= 11 is 0. The predicted molar refractivity (Wildman–Crippen MR) is 78.8 cm³/mol. The van der Waals surface area contributed by atoms with Crippen LogP contribution in [-0.4, -0.2) is 25.3 Å². The summed E-state index contributed by atoms with van der Waals surface area (Å²) in [6.07, 6.45) is 2.82. The third kappa shape index (κ3) is 3.96. The van der Waals surface area contributed by atoms with E-state index in [0.29, 0.717) is 23.5 Å². The highest BCUT2D eigenvalue weighted by Gasteiger charge is 2.48. The van der Waals surface area contributed by atoms with Crippen molar-refractivity contribution in [3.63, 3.8) is 0 Å². The number of rotatable bonds is 7. The molecule has 0 amide bonds. The van der Waals surface area contributed by atoms with Crippen LogP contribution in [-0.2, 0) is 4.74 Å². The molecular formula is C16H33NO. The van der Waals surface area contributed by atoms with Gasteiger partial charge in [0, 0.05) is 24.6 Å². The first-order chi connectivity index (χ1) is 8.19. The normalized spacial score (nSPS) is 27.3. The molecule has 0 aliphatic heterocycles. The molecule has 1 aliphatic rings. The van der Waals surface area contributed by atoms with E-state index in [2.05, 4.69) is 53.8 Å². The van der Waals surface area contributed by atoms with Gasteiger partial charge in [-0.05, 0) is 24.2 Å². The largest absolute Gasteiger partial charge is 0.377 e. The summed E-state index contributed by atoms with van der Waals surface area (Å²) < 4.78 is 6.00. The van der Waals surface area contributed by atoms with E-state index in [4.69, 9.17) is 4.74 Å². The Morgan fingerprint density at radius 1 is 1.33 bits per heavy atom. The highest BCUT2D eigenvalue weighted by Crippen LogP contribution is 2.43. The fourth-order valence-corrected chi connectivity index (χ4v) is 2.35. The average Bonchev–Trinajstić information content (AvgIpc) is 2.26. The molecule has 2 nitrogen and oxygen atoms in total. The Labute approximate surface area is 114 Å². The molecule has 0 aromatic heterocycles. The quantitative estimate of drug-likeness (QED) is 0.746. The van der Waals surface area contributed by atoms with Crippen molar-refractivity contribution in [3.05, 3.63) is 0 Å². The third-order valence-corrected chi connectivity index (χ3v) is 4.59. The summed E-state index contributed by atoms with van der Waals surface area (Å²) in [6.45, 7) is 18.0. The first-order valence-corrected chi connectivity index (χ1v) is 7.54. The SMILES string of the molecule is CCC(C)(C)CNC1CC(OCC(C)C)C1(C)C. The van der Waals surface area contributed by atoms with Crippen LogP contribution in [0.5, 0.6) is 0 Å². The van der Waals surface area contributed by atoms with Crippen molar-refractivity contribution in [1.29, 1.82) is 0 Å². The minimum Gasteiger partial charge on any atom is -0.377 e. The van der Waals surface area contributed by atoms with Gasteiger partial charge < -0.3 is 10.1 Å². The number of hydrogen-bond acceptors (Lipinski definition) is 2. The van der Waals surface area contributed by atoms with E-state index in [1.54, 1.807) is 0 Å². The lowest BCUT2D eigenvalue weighted by Crippen LogP contribution is -2.62. The summed E-state index contributed by atoms with van der Waals surface area (Å²) in [7, 11) is 0. The molecule has 1 aliphatic carbocycles. The Morgan fingerprint density at radius 3 is 2.39 bits per heavy atom. The molecule has 0 bridgehead atoms. The van der Waals surface area contributed by atoms with Crippen LogP contribution in [0, 0.1) is 16.7 Å². The van der Waals surface area contributed by atoms with Gasteiger partial charge in [-0.3, -0.25) is 0 Å². The first kappa shape index (κ1) is 16.0. The van der Waals surface area contributed by atoms with Gasteiger partial charge in [0.25, 0.3) is 0 Å². The molecule has 1 saturated carbocycles. The molecule has 0 aromatic carbocycles. The molecule has 1 N–H and O–H groups in total. The Bertz CT molecular complexity index is 258. The molecule has 2 atom stereocenters. The van der Waals surface area contributed by atoms with E-state index in [1.165, 1.54) is 12.8 Å². The topological polar surface area (TPSA) is 21.3 Å². The Balaban J connectivity index is 2.35. The van der Waals surface area contributed by atoms with E-state index < -0.39 is 0 Å². The zero-order valence-electron chi connectivity index (χ0n) is 13.5. The van der Waals surface area contributed by atoms with Gasteiger partial charge in [0.2, 0.25) is 0 Å². The lowest BCUT2D eigenvalue weighted by atomic mass is 9.64. The van der Waals surface area contributed by atoms with Crippen molar-refractivity contribution < 1.29 is 4.74 Å². The Kier molecular flexibility index (Phi) is 5.25. The number of hydrogen-bond donors (Lipinski definition) is 1. The van der Waals surface area contributed by atoms with E-state index in [-0.39, 0.29) is 5.41 Å². The first-order valence-electron chi connectivity index (χ1n) is 7.54. The molecule has 0 heterocycles. The van der Waals surface area contributed by atoms with Crippen molar-refractivity contribution in [2.24, 2.45) is 16.7 Å². The van der Waals surface area contributed by atoms with Crippen molar-refractivity contribution in [3.8, 4) is 0 Å². The van der Waals surface area contributed by atoms with Gasteiger partial charge in [0.05, 0.1) is 6.10 Å².